The van der Waals surface area contributed by atoms with Gasteiger partial charge in [-0.15, -0.1) is 0 Å². The second-order valence-corrected chi connectivity index (χ2v) is 9.71. The van der Waals surface area contributed by atoms with E-state index in [4.69, 9.17) is 0 Å². The molecule has 2 aliphatic rings. The highest BCUT2D eigenvalue weighted by molar-refractivity contribution is 5.35. The van der Waals surface area contributed by atoms with Gasteiger partial charge in [0.2, 0.25) is 0 Å². The van der Waals surface area contributed by atoms with E-state index in [1.165, 1.54) is 18.6 Å². The predicted molar refractivity (Wildman–Crippen MR) is 122 cm³/mol. The maximum absolute atomic E-state index is 14.1. The average molecular weight is 427 g/mol. The third-order valence-corrected chi connectivity index (χ3v) is 7.64. The van der Waals surface area contributed by atoms with Crippen molar-refractivity contribution in [2.45, 2.75) is 70.6 Å². The van der Waals surface area contributed by atoms with E-state index in [0.29, 0.717) is 17.9 Å². The summed E-state index contributed by atoms with van der Waals surface area (Å²) in [6.07, 6.45) is 16.7. The highest BCUT2D eigenvalue weighted by Gasteiger charge is 2.41. The van der Waals surface area contributed by atoms with Crippen LogP contribution in [-0.2, 0) is 5.41 Å². The Kier molecular flexibility index (Phi) is 8.06. The van der Waals surface area contributed by atoms with Crippen molar-refractivity contribution in [3.05, 3.63) is 59.7 Å². The molecule has 0 bridgehead atoms. The minimum Gasteiger partial charge on any atom is -0.316 e. The fourth-order valence-corrected chi connectivity index (χ4v) is 5.42. The first-order valence-corrected chi connectivity index (χ1v) is 11.9. The van der Waals surface area contributed by atoms with Gasteiger partial charge in [0.05, 0.1) is 11.5 Å². The summed E-state index contributed by atoms with van der Waals surface area (Å²) in [7, 11) is 0. The lowest BCUT2D eigenvalue weighted by Gasteiger charge is -2.38. The maximum Gasteiger partial charge on any atom is 0.159 e. The molecule has 1 aromatic rings. The number of nitrogens with zero attached hydrogens (tertiary/aromatic N) is 1. The van der Waals surface area contributed by atoms with Gasteiger partial charge in [-0.2, -0.15) is 5.26 Å². The molecule has 0 heterocycles. The number of rotatable bonds is 9. The zero-order valence-corrected chi connectivity index (χ0v) is 19.0. The first kappa shape index (κ1) is 23.7. The van der Waals surface area contributed by atoms with E-state index in [1.807, 2.05) is 0 Å². The second kappa shape index (κ2) is 10.6. The molecule has 4 heteroatoms. The number of benzene rings is 1. The van der Waals surface area contributed by atoms with Crippen molar-refractivity contribution in [2.24, 2.45) is 17.3 Å². The number of halogens is 2. The first-order chi connectivity index (χ1) is 14.9. The third kappa shape index (κ3) is 5.26. The number of hydrogen-bond donors (Lipinski definition) is 1. The minimum absolute atomic E-state index is 0.129. The zero-order chi connectivity index (χ0) is 22.3. The smallest absolute Gasteiger partial charge is 0.159 e. The molecule has 31 heavy (non-hydrogen) atoms. The van der Waals surface area contributed by atoms with Crippen molar-refractivity contribution in [1.29, 1.82) is 5.26 Å². The summed E-state index contributed by atoms with van der Waals surface area (Å²) < 4.78 is 27.7. The Morgan fingerprint density at radius 1 is 1.16 bits per heavy atom. The molecule has 0 saturated heterocycles. The summed E-state index contributed by atoms with van der Waals surface area (Å²) in [6.45, 7) is 6.24. The van der Waals surface area contributed by atoms with Crippen molar-refractivity contribution >= 4 is 0 Å². The van der Waals surface area contributed by atoms with E-state index in [1.54, 1.807) is 6.07 Å². The molecule has 0 aromatic heterocycles. The Morgan fingerprint density at radius 3 is 2.55 bits per heavy atom. The van der Waals surface area contributed by atoms with Crippen molar-refractivity contribution < 1.29 is 8.78 Å². The standard InChI is InChI=1S/C27H36F2N2/c1-21(2)26(14-7-4-8-15-26)20-31-17-9-16-27(19-30,22-10-5-3-6-11-22)23-12-13-24(28)25(29)18-23/h4,7-8,12-14,18,21-22,31H,3,5-6,9-11,15-17,20H2,1-2H3. The molecule has 3 rings (SSSR count). The molecule has 0 spiro atoms. The van der Waals surface area contributed by atoms with Crippen molar-refractivity contribution in [2.75, 3.05) is 13.1 Å². The van der Waals surface area contributed by atoms with Crippen LogP contribution in [0.2, 0.25) is 0 Å². The molecule has 0 radical (unpaired) electrons. The van der Waals surface area contributed by atoms with Crippen molar-refractivity contribution in [3.8, 4) is 6.07 Å². The van der Waals surface area contributed by atoms with Gasteiger partial charge in [0.25, 0.3) is 0 Å². The summed E-state index contributed by atoms with van der Waals surface area (Å²) >= 11 is 0. The summed E-state index contributed by atoms with van der Waals surface area (Å²) in [5, 5.41) is 13.9. The van der Waals surface area contributed by atoms with Gasteiger partial charge in [-0.1, -0.05) is 63.5 Å². The van der Waals surface area contributed by atoms with E-state index in [0.717, 1.165) is 51.6 Å². The molecule has 2 aliphatic carbocycles. The fraction of sp³-hybridized carbons (Fsp3) is 0.593. The Bertz CT molecular complexity index is 832. The molecule has 1 fully saturated rings. The van der Waals surface area contributed by atoms with E-state index >= 15 is 0 Å². The molecule has 1 saturated carbocycles. The van der Waals surface area contributed by atoms with Gasteiger partial charge in [-0.25, -0.2) is 8.78 Å². The third-order valence-electron chi connectivity index (χ3n) is 7.64. The lowest BCUT2D eigenvalue weighted by atomic mass is 9.63. The second-order valence-electron chi connectivity index (χ2n) is 9.71. The number of hydrogen-bond acceptors (Lipinski definition) is 2. The molecule has 1 N–H and O–H groups in total. The largest absolute Gasteiger partial charge is 0.316 e. The van der Waals surface area contributed by atoms with Gasteiger partial charge in [-0.3, -0.25) is 0 Å². The summed E-state index contributed by atoms with van der Waals surface area (Å²) in [4.78, 5) is 0. The first-order valence-electron chi connectivity index (χ1n) is 11.9. The lowest BCUT2D eigenvalue weighted by molar-refractivity contribution is 0.228. The Hall–Kier alpha value is -1.99. The van der Waals surface area contributed by atoms with E-state index < -0.39 is 17.0 Å². The molecule has 168 valence electrons. The van der Waals surface area contributed by atoms with E-state index in [2.05, 4.69) is 49.5 Å². The van der Waals surface area contributed by atoms with Gasteiger partial charge in [-0.05, 0) is 68.2 Å². The van der Waals surface area contributed by atoms with Gasteiger partial charge in [0.15, 0.2) is 11.6 Å². The molecule has 0 amide bonds. The molecular weight excluding hydrogens is 390 g/mol. The normalized spacial score (nSPS) is 23.6. The van der Waals surface area contributed by atoms with Gasteiger partial charge < -0.3 is 5.32 Å². The SMILES string of the molecule is CC(C)C1(CNCCCC(C#N)(c2ccc(F)c(F)c2)C2CCCCC2)C=CC=CC1. The van der Waals surface area contributed by atoms with Crippen LogP contribution >= 0.6 is 0 Å². The van der Waals surface area contributed by atoms with Crippen LogP contribution in [0, 0.1) is 40.2 Å². The molecule has 1 aromatic carbocycles. The van der Waals surface area contributed by atoms with Gasteiger partial charge >= 0.3 is 0 Å². The Labute approximate surface area is 186 Å². The Morgan fingerprint density at radius 2 is 1.94 bits per heavy atom. The molecule has 2 unspecified atom stereocenters. The van der Waals surface area contributed by atoms with E-state index in [9.17, 15) is 14.0 Å². The monoisotopic (exact) mass is 426 g/mol. The van der Waals surface area contributed by atoms with Gasteiger partial charge in [0.1, 0.15) is 0 Å². The van der Waals surface area contributed by atoms with Crippen LogP contribution in [0.25, 0.3) is 0 Å². The van der Waals surface area contributed by atoms with Crippen molar-refractivity contribution in [1.82, 2.24) is 5.32 Å². The van der Waals surface area contributed by atoms with Crippen LogP contribution in [0.4, 0.5) is 8.78 Å². The van der Waals surface area contributed by atoms with Crippen LogP contribution in [0.3, 0.4) is 0 Å². The van der Waals surface area contributed by atoms with Crippen LogP contribution in [0.1, 0.15) is 70.8 Å². The van der Waals surface area contributed by atoms with E-state index in [-0.39, 0.29) is 11.3 Å². The molecular formula is C27H36F2N2. The molecule has 0 aliphatic heterocycles. The predicted octanol–water partition coefficient (Wildman–Crippen LogP) is 6.83. The summed E-state index contributed by atoms with van der Waals surface area (Å²) in [6, 6.07) is 6.63. The van der Waals surface area contributed by atoms with Crippen molar-refractivity contribution in [3.63, 3.8) is 0 Å². The minimum atomic E-state index is -0.859. The highest BCUT2D eigenvalue weighted by Crippen LogP contribution is 2.44. The average Bonchev–Trinajstić information content (AvgIpc) is 2.79. The molecule has 2 atom stereocenters. The quantitative estimate of drug-likeness (QED) is 0.439. The van der Waals surface area contributed by atoms with Crippen LogP contribution in [0.5, 0.6) is 0 Å². The highest BCUT2D eigenvalue weighted by atomic mass is 19.2. The van der Waals surface area contributed by atoms with Crippen LogP contribution in [-0.4, -0.2) is 13.1 Å². The topological polar surface area (TPSA) is 35.8 Å². The number of nitrogens with one attached hydrogen (secondary N) is 1. The summed E-state index contributed by atoms with van der Waals surface area (Å²) in [5.74, 6) is -0.982. The van der Waals surface area contributed by atoms with Crippen LogP contribution in [0.15, 0.2) is 42.5 Å². The lowest BCUT2D eigenvalue weighted by Crippen LogP contribution is -2.39. The summed E-state index contributed by atoms with van der Waals surface area (Å²) in [5.41, 5.74) is 0.0180. The zero-order valence-electron chi connectivity index (χ0n) is 19.0. The maximum atomic E-state index is 14.1. The van der Waals surface area contributed by atoms with Gasteiger partial charge in [0, 0.05) is 12.0 Å². The number of allylic oxidation sites excluding steroid dienone is 3. The molecule has 2 nitrogen and oxygen atoms in total. The van der Waals surface area contributed by atoms with Crippen LogP contribution < -0.4 is 5.32 Å². The number of nitriles is 1. The fourth-order valence-electron chi connectivity index (χ4n) is 5.42. The Balaban J connectivity index is 1.69.